The number of amides is 1. The molecule has 1 aromatic rings. The Kier molecular flexibility index (Phi) is 5.15. The van der Waals surface area contributed by atoms with E-state index in [1.165, 1.54) is 0 Å². The number of nitrogens with one attached hydrogen (secondary N) is 1. The number of ether oxygens (including phenoxy) is 2. The van der Waals surface area contributed by atoms with Crippen molar-refractivity contribution in [2.24, 2.45) is 5.73 Å². The Morgan fingerprint density at radius 2 is 1.94 bits per heavy atom. The summed E-state index contributed by atoms with van der Waals surface area (Å²) in [5, 5.41) is 2.85. The number of nitrogens with two attached hydrogens (primary N) is 1. The molecule has 1 rings (SSSR count). The molecule has 5 nitrogen and oxygen atoms in total. The Morgan fingerprint density at radius 1 is 1.31 bits per heavy atom. The summed E-state index contributed by atoms with van der Waals surface area (Å²) < 4.78 is 10.4. The molecule has 0 atom stereocenters. The second-order valence-electron chi connectivity index (χ2n) is 3.17. The minimum Gasteiger partial charge on any atom is -0.497 e. The summed E-state index contributed by atoms with van der Waals surface area (Å²) >= 11 is 0. The van der Waals surface area contributed by atoms with Crippen LogP contribution in [0.3, 0.4) is 0 Å². The Hall–Kier alpha value is -1.75. The highest BCUT2D eigenvalue weighted by Gasteiger charge is 1.96. The average molecular weight is 224 g/mol. The van der Waals surface area contributed by atoms with E-state index in [0.717, 1.165) is 11.5 Å². The first-order valence-corrected chi connectivity index (χ1v) is 4.98. The van der Waals surface area contributed by atoms with E-state index in [9.17, 15) is 4.79 Å². The van der Waals surface area contributed by atoms with Gasteiger partial charge in [-0.2, -0.15) is 0 Å². The van der Waals surface area contributed by atoms with E-state index < -0.39 is 0 Å². The summed E-state index contributed by atoms with van der Waals surface area (Å²) in [5.74, 6) is 1.19. The molecular formula is C11H16N2O3. The standard InChI is InChI=1S/C11H16N2O3/c1-15-9-2-4-10(5-3-9)16-7-6-13-8-11(12)14/h2-5,13H,6-8H2,1H3,(H2,12,14). The van der Waals surface area contributed by atoms with Crippen molar-refractivity contribution in [2.75, 3.05) is 26.8 Å². The molecule has 0 aromatic heterocycles. The first kappa shape index (κ1) is 12.3. The third-order valence-corrected chi connectivity index (χ3v) is 1.91. The Balaban J connectivity index is 2.19. The van der Waals surface area contributed by atoms with Crippen LogP contribution < -0.4 is 20.5 Å². The lowest BCUT2D eigenvalue weighted by Gasteiger charge is -2.07. The summed E-state index contributed by atoms with van der Waals surface area (Å²) in [6.45, 7) is 1.24. The largest absolute Gasteiger partial charge is 0.497 e. The fraction of sp³-hybridized carbons (Fsp3) is 0.364. The molecule has 0 bridgehead atoms. The van der Waals surface area contributed by atoms with Crippen LogP contribution >= 0.6 is 0 Å². The Bertz CT molecular complexity index is 325. The minimum absolute atomic E-state index is 0.173. The molecule has 0 heterocycles. The number of benzene rings is 1. The maximum absolute atomic E-state index is 10.4. The topological polar surface area (TPSA) is 73.6 Å². The zero-order chi connectivity index (χ0) is 11.8. The molecule has 0 unspecified atom stereocenters. The van der Waals surface area contributed by atoms with E-state index in [2.05, 4.69) is 5.32 Å². The van der Waals surface area contributed by atoms with Gasteiger partial charge in [-0.05, 0) is 24.3 Å². The quantitative estimate of drug-likeness (QED) is 0.646. The predicted molar refractivity (Wildman–Crippen MR) is 60.6 cm³/mol. The molecule has 1 amide bonds. The zero-order valence-corrected chi connectivity index (χ0v) is 9.23. The Morgan fingerprint density at radius 3 is 2.50 bits per heavy atom. The van der Waals surface area contributed by atoms with Gasteiger partial charge < -0.3 is 20.5 Å². The molecule has 0 aliphatic carbocycles. The van der Waals surface area contributed by atoms with Gasteiger partial charge in [-0.15, -0.1) is 0 Å². The maximum Gasteiger partial charge on any atom is 0.231 e. The third kappa shape index (κ3) is 4.65. The first-order chi connectivity index (χ1) is 7.72. The average Bonchev–Trinajstić information content (AvgIpc) is 2.29. The smallest absolute Gasteiger partial charge is 0.231 e. The van der Waals surface area contributed by atoms with Gasteiger partial charge in [-0.3, -0.25) is 4.79 Å². The van der Waals surface area contributed by atoms with Gasteiger partial charge in [-0.1, -0.05) is 0 Å². The summed E-state index contributed by atoms with van der Waals surface area (Å²) in [6.07, 6.45) is 0. The van der Waals surface area contributed by atoms with Gasteiger partial charge in [0.2, 0.25) is 5.91 Å². The molecule has 0 aliphatic rings. The molecule has 0 aliphatic heterocycles. The van der Waals surface area contributed by atoms with Gasteiger partial charge in [0, 0.05) is 6.54 Å². The molecule has 16 heavy (non-hydrogen) atoms. The summed E-state index contributed by atoms with van der Waals surface area (Å²) in [7, 11) is 1.61. The van der Waals surface area contributed by atoms with Crippen LogP contribution in [0.15, 0.2) is 24.3 Å². The van der Waals surface area contributed by atoms with Crippen molar-refractivity contribution < 1.29 is 14.3 Å². The van der Waals surface area contributed by atoms with Crippen LogP contribution in [0.5, 0.6) is 11.5 Å². The second kappa shape index (κ2) is 6.68. The van der Waals surface area contributed by atoms with Gasteiger partial charge >= 0.3 is 0 Å². The fourth-order valence-electron chi connectivity index (χ4n) is 1.12. The first-order valence-electron chi connectivity index (χ1n) is 4.98. The van der Waals surface area contributed by atoms with Crippen LogP contribution in [0.2, 0.25) is 0 Å². The number of rotatable bonds is 7. The van der Waals surface area contributed by atoms with Gasteiger partial charge in [0.05, 0.1) is 13.7 Å². The van der Waals surface area contributed by atoms with Crippen LogP contribution in [0.4, 0.5) is 0 Å². The molecule has 0 saturated heterocycles. The van der Waals surface area contributed by atoms with E-state index >= 15 is 0 Å². The van der Waals surface area contributed by atoms with Crippen molar-refractivity contribution in [1.82, 2.24) is 5.32 Å². The van der Waals surface area contributed by atoms with E-state index in [1.807, 2.05) is 24.3 Å². The lowest BCUT2D eigenvalue weighted by Crippen LogP contribution is -2.31. The molecule has 0 radical (unpaired) electrons. The molecule has 0 fully saturated rings. The molecule has 3 N–H and O–H groups in total. The van der Waals surface area contributed by atoms with Gasteiger partial charge in [-0.25, -0.2) is 0 Å². The zero-order valence-electron chi connectivity index (χ0n) is 9.23. The monoisotopic (exact) mass is 224 g/mol. The molecule has 88 valence electrons. The normalized spacial score (nSPS) is 9.81. The SMILES string of the molecule is COc1ccc(OCCNCC(N)=O)cc1. The maximum atomic E-state index is 10.4. The molecule has 0 saturated carbocycles. The third-order valence-electron chi connectivity index (χ3n) is 1.91. The fourth-order valence-corrected chi connectivity index (χ4v) is 1.12. The van der Waals surface area contributed by atoms with Crippen molar-refractivity contribution in [3.63, 3.8) is 0 Å². The van der Waals surface area contributed by atoms with Crippen LogP contribution in [0.1, 0.15) is 0 Å². The highest BCUT2D eigenvalue weighted by molar-refractivity contribution is 5.75. The lowest BCUT2D eigenvalue weighted by molar-refractivity contribution is -0.117. The number of carbonyl (C=O) groups excluding carboxylic acids is 1. The van der Waals surface area contributed by atoms with E-state index in [0.29, 0.717) is 13.2 Å². The van der Waals surface area contributed by atoms with Crippen LogP contribution in [0, 0.1) is 0 Å². The van der Waals surface area contributed by atoms with Crippen molar-refractivity contribution in [3.8, 4) is 11.5 Å². The number of methoxy groups -OCH3 is 1. The van der Waals surface area contributed by atoms with Crippen LogP contribution in [-0.4, -0.2) is 32.7 Å². The molecule has 1 aromatic carbocycles. The van der Waals surface area contributed by atoms with Gasteiger partial charge in [0.1, 0.15) is 18.1 Å². The van der Waals surface area contributed by atoms with Gasteiger partial charge in [0.15, 0.2) is 0 Å². The lowest BCUT2D eigenvalue weighted by atomic mass is 10.3. The summed E-state index contributed by atoms with van der Waals surface area (Å²) in [5.41, 5.74) is 4.96. The van der Waals surface area contributed by atoms with Gasteiger partial charge in [0.25, 0.3) is 0 Å². The minimum atomic E-state index is -0.371. The second-order valence-corrected chi connectivity index (χ2v) is 3.17. The van der Waals surface area contributed by atoms with E-state index in [4.69, 9.17) is 15.2 Å². The number of hydrogen-bond donors (Lipinski definition) is 2. The van der Waals surface area contributed by atoms with Crippen molar-refractivity contribution >= 4 is 5.91 Å². The molecular weight excluding hydrogens is 208 g/mol. The molecule has 0 spiro atoms. The molecule has 5 heteroatoms. The van der Waals surface area contributed by atoms with Crippen LogP contribution in [-0.2, 0) is 4.79 Å². The van der Waals surface area contributed by atoms with Crippen molar-refractivity contribution in [3.05, 3.63) is 24.3 Å². The van der Waals surface area contributed by atoms with Crippen LogP contribution in [0.25, 0.3) is 0 Å². The Labute approximate surface area is 94.5 Å². The van der Waals surface area contributed by atoms with E-state index in [-0.39, 0.29) is 12.5 Å². The highest BCUT2D eigenvalue weighted by atomic mass is 16.5. The summed E-state index contributed by atoms with van der Waals surface area (Å²) in [4.78, 5) is 10.4. The summed E-state index contributed by atoms with van der Waals surface area (Å²) in [6, 6.07) is 7.30. The number of primary amides is 1. The predicted octanol–water partition coefficient (Wildman–Crippen LogP) is 0.149. The van der Waals surface area contributed by atoms with Crippen molar-refractivity contribution in [2.45, 2.75) is 0 Å². The van der Waals surface area contributed by atoms with E-state index in [1.54, 1.807) is 7.11 Å². The number of hydrogen-bond acceptors (Lipinski definition) is 4. The van der Waals surface area contributed by atoms with Crippen molar-refractivity contribution in [1.29, 1.82) is 0 Å². The number of carbonyl (C=O) groups is 1. The highest BCUT2D eigenvalue weighted by Crippen LogP contribution is 2.16.